The lowest BCUT2D eigenvalue weighted by atomic mass is 10.2. The molecule has 0 atom stereocenters. The molecule has 0 bridgehead atoms. The van der Waals surface area contributed by atoms with Gasteiger partial charge in [-0.1, -0.05) is 17.7 Å². The fourth-order valence-corrected chi connectivity index (χ4v) is 2.12. The number of benzene rings is 1. The Hall–Kier alpha value is -2.17. The molecule has 0 amide bonds. The Balaban J connectivity index is 2.01. The van der Waals surface area contributed by atoms with Gasteiger partial charge in [-0.3, -0.25) is 4.98 Å². The minimum atomic E-state index is -0.106. The molecule has 100 valence electrons. The Kier molecular flexibility index (Phi) is 3.50. The van der Waals surface area contributed by atoms with E-state index in [9.17, 15) is 0 Å². The molecular weight excluding hydrogens is 276 g/mol. The topological polar surface area (TPSA) is 55.2 Å². The molecule has 1 aromatic carbocycles. The number of nitrogens with zero attached hydrogens (tertiary/aromatic N) is 2. The lowest BCUT2D eigenvalue weighted by molar-refractivity contribution is 0.281. The number of hydrogen-bond donors (Lipinski definition) is 1. The van der Waals surface area contributed by atoms with Gasteiger partial charge in [0, 0.05) is 17.8 Å². The number of fused-ring (bicyclic) bond motifs is 1. The smallest absolute Gasteiger partial charge is 0.238 e. The number of pyridine rings is 2. The van der Waals surface area contributed by atoms with E-state index in [0.29, 0.717) is 22.2 Å². The van der Waals surface area contributed by atoms with Gasteiger partial charge in [-0.15, -0.1) is 0 Å². The van der Waals surface area contributed by atoms with Crippen molar-refractivity contribution in [3.63, 3.8) is 0 Å². The highest BCUT2D eigenvalue weighted by atomic mass is 35.5. The second kappa shape index (κ2) is 5.45. The second-order valence-corrected chi connectivity index (χ2v) is 4.62. The number of halogens is 1. The van der Waals surface area contributed by atoms with E-state index in [0.717, 1.165) is 10.9 Å². The van der Waals surface area contributed by atoms with Gasteiger partial charge in [-0.25, -0.2) is 4.98 Å². The van der Waals surface area contributed by atoms with Gasteiger partial charge in [0.05, 0.1) is 12.1 Å². The highest BCUT2D eigenvalue weighted by Gasteiger charge is 2.08. The summed E-state index contributed by atoms with van der Waals surface area (Å²) in [7, 11) is 0. The molecule has 4 nitrogen and oxygen atoms in total. The van der Waals surface area contributed by atoms with Crippen LogP contribution in [0.25, 0.3) is 10.9 Å². The van der Waals surface area contributed by atoms with Gasteiger partial charge in [0.2, 0.25) is 5.88 Å². The van der Waals surface area contributed by atoms with E-state index in [-0.39, 0.29) is 6.61 Å². The van der Waals surface area contributed by atoms with Crippen molar-refractivity contribution in [1.29, 1.82) is 0 Å². The summed E-state index contributed by atoms with van der Waals surface area (Å²) in [6.45, 7) is -0.106. The molecule has 0 saturated carbocycles. The van der Waals surface area contributed by atoms with Crippen LogP contribution in [0.15, 0.2) is 48.8 Å². The van der Waals surface area contributed by atoms with Crippen LogP contribution in [-0.4, -0.2) is 15.1 Å². The van der Waals surface area contributed by atoms with Crippen LogP contribution in [-0.2, 0) is 6.61 Å². The summed E-state index contributed by atoms with van der Waals surface area (Å²) in [6, 6.07) is 11.0. The zero-order valence-electron chi connectivity index (χ0n) is 10.5. The highest BCUT2D eigenvalue weighted by molar-refractivity contribution is 6.31. The maximum Gasteiger partial charge on any atom is 0.238 e. The zero-order valence-corrected chi connectivity index (χ0v) is 11.2. The van der Waals surface area contributed by atoms with Gasteiger partial charge in [-0.05, 0) is 35.9 Å². The van der Waals surface area contributed by atoms with Gasteiger partial charge >= 0.3 is 0 Å². The first-order valence-corrected chi connectivity index (χ1v) is 6.42. The first kappa shape index (κ1) is 12.8. The molecule has 5 heteroatoms. The fraction of sp³-hybridized carbons (Fsp3) is 0.0667. The van der Waals surface area contributed by atoms with Crippen molar-refractivity contribution in [2.75, 3.05) is 0 Å². The molecule has 0 aliphatic rings. The van der Waals surface area contributed by atoms with Crippen LogP contribution in [0.4, 0.5) is 0 Å². The molecule has 0 fully saturated rings. The quantitative estimate of drug-likeness (QED) is 0.800. The predicted molar refractivity (Wildman–Crippen MR) is 77.0 cm³/mol. The molecule has 2 heterocycles. The van der Waals surface area contributed by atoms with Crippen LogP contribution in [0.3, 0.4) is 0 Å². The molecule has 20 heavy (non-hydrogen) atoms. The number of aliphatic hydroxyl groups is 1. The number of rotatable bonds is 3. The summed E-state index contributed by atoms with van der Waals surface area (Å²) in [4.78, 5) is 8.38. The minimum Gasteiger partial charge on any atom is -0.437 e. The lowest BCUT2D eigenvalue weighted by Gasteiger charge is -2.09. The van der Waals surface area contributed by atoms with Gasteiger partial charge in [0.15, 0.2) is 0 Å². The third kappa shape index (κ3) is 2.43. The van der Waals surface area contributed by atoms with Crippen molar-refractivity contribution in [2.24, 2.45) is 0 Å². The van der Waals surface area contributed by atoms with Crippen LogP contribution >= 0.6 is 11.6 Å². The Bertz CT molecular complexity index is 756. The molecule has 3 rings (SSSR count). The average Bonchev–Trinajstić information content (AvgIpc) is 2.49. The largest absolute Gasteiger partial charge is 0.437 e. The van der Waals surface area contributed by atoms with Crippen LogP contribution in [0.1, 0.15) is 5.56 Å². The summed E-state index contributed by atoms with van der Waals surface area (Å²) in [5.41, 5.74) is 1.48. The van der Waals surface area contributed by atoms with Crippen molar-refractivity contribution in [3.05, 3.63) is 59.4 Å². The molecule has 1 N–H and O–H groups in total. The molecule has 0 saturated heterocycles. The third-order valence-corrected chi connectivity index (χ3v) is 3.13. The van der Waals surface area contributed by atoms with Crippen LogP contribution < -0.4 is 4.74 Å². The second-order valence-electron chi connectivity index (χ2n) is 4.22. The van der Waals surface area contributed by atoms with E-state index in [1.165, 1.54) is 6.20 Å². The van der Waals surface area contributed by atoms with Crippen LogP contribution in [0, 0.1) is 0 Å². The number of ether oxygens (including phenoxy) is 1. The molecule has 3 aromatic rings. The van der Waals surface area contributed by atoms with E-state index in [4.69, 9.17) is 21.4 Å². The summed E-state index contributed by atoms with van der Waals surface area (Å²) in [6.07, 6.45) is 3.26. The standard InChI is InChI=1S/C15H11ClN2O2/c16-12-7-10(9-19)8-18-15(12)20-14-5-1-4-13-11(14)3-2-6-17-13/h1-8,19H,9H2. The van der Waals surface area contributed by atoms with Gasteiger partial charge < -0.3 is 9.84 Å². The van der Waals surface area contributed by atoms with Gasteiger partial charge in [0.25, 0.3) is 0 Å². The monoisotopic (exact) mass is 286 g/mol. The number of aromatic nitrogens is 2. The van der Waals surface area contributed by atoms with E-state index >= 15 is 0 Å². The molecule has 0 unspecified atom stereocenters. The Labute approximate surface area is 120 Å². The number of hydrogen-bond acceptors (Lipinski definition) is 4. The Morgan fingerprint density at radius 1 is 1.15 bits per heavy atom. The fourth-order valence-electron chi connectivity index (χ4n) is 1.89. The lowest BCUT2D eigenvalue weighted by Crippen LogP contribution is -1.93. The third-order valence-electron chi connectivity index (χ3n) is 2.86. The molecule has 0 radical (unpaired) electrons. The summed E-state index contributed by atoms with van der Waals surface area (Å²) in [5.74, 6) is 0.946. The van der Waals surface area contributed by atoms with E-state index < -0.39 is 0 Å². The first-order valence-electron chi connectivity index (χ1n) is 6.05. The van der Waals surface area contributed by atoms with Gasteiger partial charge in [0.1, 0.15) is 10.8 Å². The molecule has 0 spiro atoms. The zero-order chi connectivity index (χ0) is 13.9. The van der Waals surface area contributed by atoms with E-state index in [1.54, 1.807) is 12.3 Å². The Morgan fingerprint density at radius 3 is 2.85 bits per heavy atom. The van der Waals surface area contributed by atoms with E-state index in [1.807, 2.05) is 30.3 Å². The summed E-state index contributed by atoms with van der Waals surface area (Å²) < 4.78 is 5.76. The van der Waals surface area contributed by atoms with E-state index in [2.05, 4.69) is 9.97 Å². The highest BCUT2D eigenvalue weighted by Crippen LogP contribution is 2.31. The summed E-state index contributed by atoms with van der Waals surface area (Å²) >= 11 is 6.10. The van der Waals surface area contributed by atoms with Crippen molar-refractivity contribution in [1.82, 2.24) is 9.97 Å². The van der Waals surface area contributed by atoms with Crippen molar-refractivity contribution in [3.8, 4) is 11.6 Å². The van der Waals surface area contributed by atoms with Crippen molar-refractivity contribution < 1.29 is 9.84 Å². The predicted octanol–water partition coefficient (Wildman–Crippen LogP) is 3.57. The first-order chi connectivity index (χ1) is 9.78. The SMILES string of the molecule is OCc1cnc(Oc2cccc3ncccc23)c(Cl)c1. The summed E-state index contributed by atoms with van der Waals surface area (Å²) in [5, 5.41) is 10.3. The molecule has 0 aliphatic carbocycles. The van der Waals surface area contributed by atoms with Gasteiger partial charge in [-0.2, -0.15) is 0 Å². The molecule has 0 aliphatic heterocycles. The molecule has 2 aromatic heterocycles. The van der Waals surface area contributed by atoms with Crippen LogP contribution in [0.2, 0.25) is 5.02 Å². The van der Waals surface area contributed by atoms with Crippen molar-refractivity contribution >= 4 is 22.5 Å². The normalized spacial score (nSPS) is 10.7. The minimum absolute atomic E-state index is 0.106. The maximum atomic E-state index is 9.04. The Morgan fingerprint density at radius 2 is 2.05 bits per heavy atom. The van der Waals surface area contributed by atoms with Crippen LogP contribution in [0.5, 0.6) is 11.6 Å². The van der Waals surface area contributed by atoms with Crippen molar-refractivity contribution in [2.45, 2.75) is 6.61 Å². The average molecular weight is 287 g/mol. The molecular formula is C15H11ClN2O2. The maximum absolute atomic E-state index is 9.04. The number of aliphatic hydroxyl groups excluding tert-OH is 1.